The molecule has 0 aromatic heterocycles. The molecule has 0 radical (unpaired) electrons. The highest BCUT2D eigenvalue weighted by molar-refractivity contribution is 5.82. The lowest BCUT2D eigenvalue weighted by atomic mass is 10.1. The maximum Gasteiger partial charge on any atom is 0.132 e. The molecular formula is C19H21FN2. The zero-order chi connectivity index (χ0) is 15.8. The van der Waals surface area contributed by atoms with Crippen molar-refractivity contribution in [2.75, 3.05) is 0 Å². The molecule has 0 bridgehead atoms. The van der Waals surface area contributed by atoms with E-state index in [0.29, 0.717) is 5.56 Å². The second-order valence-electron chi connectivity index (χ2n) is 5.36. The van der Waals surface area contributed by atoms with Crippen molar-refractivity contribution in [3.8, 4) is 0 Å². The van der Waals surface area contributed by atoms with E-state index in [-0.39, 0.29) is 5.82 Å². The van der Waals surface area contributed by atoms with Crippen LogP contribution in [0.3, 0.4) is 0 Å². The smallest absolute Gasteiger partial charge is 0.132 e. The number of hydrogen-bond acceptors (Lipinski definition) is 2. The number of benzene rings is 2. The van der Waals surface area contributed by atoms with Crippen molar-refractivity contribution in [3.63, 3.8) is 0 Å². The molecule has 2 aromatic carbocycles. The average molecular weight is 296 g/mol. The van der Waals surface area contributed by atoms with Gasteiger partial charge < -0.3 is 0 Å². The largest absolute Gasteiger partial charge is 0.206 e. The molecule has 3 heteroatoms. The van der Waals surface area contributed by atoms with Crippen LogP contribution in [0.15, 0.2) is 52.7 Å². The van der Waals surface area contributed by atoms with E-state index in [4.69, 9.17) is 0 Å². The van der Waals surface area contributed by atoms with Crippen LogP contribution in [0.1, 0.15) is 42.0 Å². The number of unbranched alkanes of at least 4 members (excludes halogenated alkanes) is 1. The Bertz CT molecular complexity index is 658. The molecule has 0 aliphatic rings. The molecule has 0 N–H and O–H groups in total. The summed E-state index contributed by atoms with van der Waals surface area (Å²) >= 11 is 0. The van der Waals surface area contributed by atoms with E-state index < -0.39 is 0 Å². The predicted molar refractivity (Wildman–Crippen MR) is 91.4 cm³/mol. The third-order valence-corrected chi connectivity index (χ3v) is 3.43. The first kappa shape index (κ1) is 16.1. The monoisotopic (exact) mass is 296 g/mol. The van der Waals surface area contributed by atoms with Gasteiger partial charge in [0.15, 0.2) is 0 Å². The van der Waals surface area contributed by atoms with Crippen LogP contribution in [0, 0.1) is 12.7 Å². The van der Waals surface area contributed by atoms with Crippen molar-refractivity contribution in [1.82, 2.24) is 0 Å². The Balaban J connectivity index is 1.99. The third kappa shape index (κ3) is 4.92. The minimum atomic E-state index is -0.247. The Kier molecular flexibility index (Phi) is 6.01. The molecule has 0 heterocycles. The van der Waals surface area contributed by atoms with E-state index >= 15 is 0 Å². The highest BCUT2D eigenvalue weighted by atomic mass is 19.1. The van der Waals surface area contributed by atoms with Crippen molar-refractivity contribution < 1.29 is 4.39 Å². The lowest BCUT2D eigenvalue weighted by Crippen LogP contribution is -1.92. The first-order valence-electron chi connectivity index (χ1n) is 7.60. The van der Waals surface area contributed by atoms with E-state index in [9.17, 15) is 4.39 Å². The van der Waals surface area contributed by atoms with Gasteiger partial charge in [0.2, 0.25) is 0 Å². The summed E-state index contributed by atoms with van der Waals surface area (Å²) < 4.78 is 13.9. The molecule has 2 aromatic rings. The van der Waals surface area contributed by atoms with Crippen LogP contribution in [0.4, 0.5) is 4.39 Å². The normalized spacial score (nSPS) is 11.6. The fourth-order valence-corrected chi connectivity index (χ4v) is 2.06. The molecule has 0 saturated carbocycles. The van der Waals surface area contributed by atoms with Gasteiger partial charge in [-0.05, 0) is 37.0 Å². The van der Waals surface area contributed by atoms with Gasteiger partial charge in [-0.2, -0.15) is 10.2 Å². The van der Waals surface area contributed by atoms with Crippen molar-refractivity contribution in [3.05, 3.63) is 70.5 Å². The first-order valence-corrected chi connectivity index (χ1v) is 7.60. The quantitative estimate of drug-likeness (QED) is 0.533. The van der Waals surface area contributed by atoms with Crippen LogP contribution >= 0.6 is 0 Å². The number of halogens is 1. The summed E-state index contributed by atoms with van der Waals surface area (Å²) in [6.07, 6.45) is 6.20. The fraction of sp³-hybridized carbons (Fsp3) is 0.263. The molecule has 0 spiro atoms. The molecule has 2 rings (SSSR count). The summed E-state index contributed by atoms with van der Waals surface area (Å²) in [7, 11) is 0. The number of nitrogens with zero attached hydrogens (tertiary/aromatic N) is 2. The zero-order valence-electron chi connectivity index (χ0n) is 13.1. The van der Waals surface area contributed by atoms with Gasteiger partial charge in [-0.15, -0.1) is 0 Å². The molecule has 0 aliphatic carbocycles. The standard InChI is InChI=1S/C19H21FN2/c1-3-4-5-16-10-11-18(19(20)12-16)14-22-21-13-17-8-6-15(2)7-9-17/h6-14H,3-5H2,1-2H3/b21-13+,22-14+. The molecule has 2 nitrogen and oxygen atoms in total. The van der Waals surface area contributed by atoms with Crippen LogP contribution in [0.2, 0.25) is 0 Å². The lowest BCUT2D eigenvalue weighted by molar-refractivity contribution is 0.622. The highest BCUT2D eigenvalue weighted by Crippen LogP contribution is 2.11. The van der Waals surface area contributed by atoms with Crippen molar-refractivity contribution in [1.29, 1.82) is 0 Å². The Morgan fingerprint density at radius 2 is 1.73 bits per heavy atom. The minimum Gasteiger partial charge on any atom is -0.206 e. The van der Waals surface area contributed by atoms with E-state index in [0.717, 1.165) is 30.4 Å². The number of aryl methyl sites for hydroxylation is 2. The molecule has 114 valence electrons. The highest BCUT2D eigenvalue weighted by Gasteiger charge is 2.01. The fourth-order valence-electron chi connectivity index (χ4n) is 2.06. The maximum atomic E-state index is 13.9. The third-order valence-electron chi connectivity index (χ3n) is 3.43. The van der Waals surface area contributed by atoms with Crippen LogP contribution < -0.4 is 0 Å². The Labute approximate surface area is 131 Å². The van der Waals surface area contributed by atoms with E-state index in [1.165, 1.54) is 11.8 Å². The van der Waals surface area contributed by atoms with Gasteiger partial charge in [0, 0.05) is 5.56 Å². The van der Waals surface area contributed by atoms with Crippen LogP contribution in [0.25, 0.3) is 0 Å². The predicted octanol–water partition coefficient (Wildman–Crippen LogP) is 4.93. The molecule has 22 heavy (non-hydrogen) atoms. The Morgan fingerprint density at radius 1 is 1.00 bits per heavy atom. The van der Waals surface area contributed by atoms with Crippen LogP contribution in [-0.2, 0) is 6.42 Å². The van der Waals surface area contributed by atoms with Gasteiger partial charge in [0.25, 0.3) is 0 Å². The molecule has 0 unspecified atom stereocenters. The van der Waals surface area contributed by atoms with Crippen LogP contribution in [0.5, 0.6) is 0 Å². The maximum absolute atomic E-state index is 13.9. The van der Waals surface area contributed by atoms with Gasteiger partial charge >= 0.3 is 0 Å². The van der Waals surface area contributed by atoms with Gasteiger partial charge in [-0.25, -0.2) is 4.39 Å². The Morgan fingerprint density at radius 3 is 2.41 bits per heavy atom. The van der Waals surface area contributed by atoms with Crippen molar-refractivity contribution in [2.45, 2.75) is 33.1 Å². The van der Waals surface area contributed by atoms with Gasteiger partial charge in [0.1, 0.15) is 5.82 Å². The lowest BCUT2D eigenvalue weighted by Gasteiger charge is -2.01. The first-order chi connectivity index (χ1) is 10.7. The molecule has 0 atom stereocenters. The minimum absolute atomic E-state index is 0.247. The molecular weight excluding hydrogens is 275 g/mol. The summed E-state index contributed by atoms with van der Waals surface area (Å²) in [5.41, 5.74) is 3.66. The SMILES string of the molecule is CCCCc1ccc(/C=N/N=C/c2ccc(C)cc2)c(F)c1. The van der Waals surface area contributed by atoms with Gasteiger partial charge in [-0.1, -0.05) is 55.3 Å². The summed E-state index contributed by atoms with van der Waals surface area (Å²) in [4.78, 5) is 0. The van der Waals surface area contributed by atoms with E-state index in [1.807, 2.05) is 37.3 Å². The van der Waals surface area contributed by atoms with Gasteiger partial charge in [0.05, 0.1) is 12.4 Å². The number of hydrogen-bond donors (Lipinski definition) is 0. The molecule has 0 amide bonds. The summed E-state index contributed by atoms with van der Waals surface area (Å²) in [5, 5.41) is 7.87. The zero-order valence-corrected chi connectivity index (χ0v) is 13.1. The van der Waals surface area contributed by atoms with Crippen LogP contribution in [-0.4, -0.2) is 12.4 Å². The summed E-state index contributed by atoms with van der Waals surface area (Å²) in [6.45, 7) is 4.16. The van der Waals surface area contributed by atoms with Crippen molar-refractivity contribution in [2.24, 2.45) is 10.2 Å². The average Bonchev–Trinajstić information content (AvgIpc) is 2.52. The van der Waals surface area contributed by atoms with E-state index in [1.54, 1.807) is 18.3 Å². The van der Waals surface area contributed by atoms with E-state index in [2.05, 4.69) is 17.1 Å². The summed E-state index contributed by atoms with van der Waals surface area (Å²) in [5.74, 6) is -0.247. The second-order valence-corrected chi connectivity index (χ2v) is 5.36. The Hall–Kier alpha value is -2.29. The molecule has 0 saturated heterocycles. The van der Waals surface area contributed by atoms with Gasteiger partial charge in [-0.3, -0.25) is 0 Å². The molecule has 0 aliphatic heterocycles. The topological polar surface area (TPSA) is 24.7 Å². The number of rotatable bonds is 6. The second kappa shape index (κ2) is 8.23. The summed E-state index contributed by atoms with van der Waals surface area (Å²) in [6, 6.07) is 13.3. The van der Waals surface area contributed by atoms with Crippen molar-refractivity contribution >= 4 is 12.4 Å². The molecule has 0 fully saturated rings.